The maximum atomic E-state index is 12.8. The molecule has 1 aromatic heterocycles. The van der Waals surface area contributed by atoms with Gasteiger partial charge < -0.3 is 15.7 Å². The third-order valence-electron chi connectivity index (χ3n) is 4.76. The number of primary sulfonamides is 1. The highest BCUT2D eigenvalue weighted by molar-refractivity contribution is 9.10. The summed E-state index contributed by atoms with van der Waals surface area (Å²) < 4.78 is 51.3. The summed E-state index contributed by atoms with van der Waals surface area (Å²) >= 11 is 3.35. The van der Waals surface area contributed by atoms with Gasteiger partial charge in [0.1, 0.15) is 5.82 Å². The molecular formula is C21H27BrN6O5S2. The first kappa shape index (κ1) is 27.0. The highest BCUT2D eigenvalue weighted by Gasteiger charge is 2.15. The zero-order valence-corrected chi connectivity index (χ0v) is 21.9. The van der Waals surface area contributed by atoms with Crippen molar-refractivity contribution in [2.24, 2.45) is 5.14 Å². The number of rotatable bonds is 11. The second-order valence-electron chi connectivity index (χ2n) is 7.61. The third-order valence-corrected chi connectivity index (χ3v) is 7.73. The monoisotopic (exact) mass is 586 g/mol. The van der Waals surface area contributed by atoms with Crippen molar-refractivity contribution in [3.8, 4) is 0 Å². The van der Waals surface area contributed by atoms with E-state index in [1.54, 1.807) is 37.4 Å². The predicted molar refractivity (Wildman–Crippen MR) is 138 cm³/mol. The molecule has 1 atom stereocenters. The van der Waals surface area contributed by atoms with Gasteiger partial charge in [-0.05, 0) is 65.2 Å². The second kappa shape index (κ2) is 11.4. The van der Waals surface area contributed by atoms with Crippen molar-refractivity contribution in [1.82, 2.24) is 14.7 Å². The number of aliphatic hydroxyl groups excluding tert-OH is 1. The first-order chi connectivity index (χ1) is 16.5. The fraction of sp³-hybridized carbons (Fsp3) is 0.238. The first-order valence-corrected chi connectivity index (χ1v) is 14.2. The fourth-order valence-corrected chi connectivity index (χ4v) is 4.83. The van der Waals surface area contributed by atoms with Gasteiger partial charge in [-0.2, -0.15) is 4.98 Å². The summed E-state index contributed by atoms with van der Waals surface area (Å²) in [6.07, 6.45) is 1.90. The quantitative estimate of drug-likeness (QED) is 0.225. The molecule has 0 unspecified atom stereocenters. The van der Waals surface area contributed by atoms with Crippen molar-refractivity contribution >= 4 is 53.4 Å². The standard InChI is InChI=1S/C21H25BrN6O5S2.H2/c1-14(13-29)26-20-19(22)12-24-21(28-20)27-16-3-2-4-18(11-16)35(32,33)25-10-9-15-5-7-17(8-6-15)34(23,30)31;/h2-8,11-12,14,25,29H,9-10,13H2,1H3,(H2,23,30,31)(H2,24,26,27,28);1H/t14-;/m1./s1. The Morgan fingerprint density at radius 1 is 1.11 bits per heavy atom. The van der Waals surface area contributed by atoms with E-state index in [4.69, 9.17) is 5.14 Å². The number of nitrogens with one attached hydrogen (secondary N) is 3. The van der Waals surface area contributed by atoms with Crippen LogP contribution in [-0.4, -0.2) is 51.1 Å². The van der Waals surface area contributed by atoms with Crippen molar-refractivity contribution < 1.29 is 23.4 Å². The van der Waals surface area contributed by atoms with E-state index in [-0.39, 0.29) is 36.4 Å². The van der Waals surface area contributed by atoms with Crippen LogP contribution in [0, 0.1) is 0 Å². The second-order valence-corrected chi connectivity index (χ2v) is 11.8. The molecule has 0 saturated heterocycles. The van der Waals surface area contributed by atoms with Crippen LogP contribution in [0.5, 0.6) is 0 Å². The lowest BCUT2D eigenvalue weighted by Gasteiger charge is -2.14. The Labute approximate surface area is 213 Å². The molecule has 0 amide bonds. The van der Waals surface area contributed by atoms with E-state index in [2.05, 4.69) is 41.3 Å². The van der Waals surface area contributed by atoms with Gasteiger partial charge in [0.15, 0.2) is 0 Å². The Morgan fingerprint density at radius 3 is 2.49 bits per heavy atom. The maximum absolute atomic E-state index is 12.8. The van der Waals surface area contributed by atoms with Gasteiger partial charge in [-0.3, -0.25) is 0 Å². The summed E-state index contributed by atoms with van der Waals surface area (Å²) in [4.78, 5) is 8.58. The number of hydrogen-bond donors (Lipinski definition) is 5. The van der Waals surface area contributed by atoms with Gasteiger partial charge in [0, 0.05) is 25.9 Å². The Bertz CT molecular complexity index is 1390. The van der Waals surface area contributed by atoms with Crippen LogP contribution >= 0.6 is 15.9 Å². The van der Waals surface area contributed by atoms with Gasteiger partial charge in [0.2, 0.25) is 26.0 Å². The molecule has 6 N–H and O–H groups in total. The average Bonchev–Trinajstić information content (AvgIpc) is 2.81. The van der Waals surface area contributed by atoms with Crippen molar-refractivity contribution in [2.75, 3.05) is 23.8 Å². The molecule has 0 aliphatic rings. The molecule has 190 valence electrons. The van der Waals surface area contributed by atoms with Gasteiger partial charge in [-0.1, -0.05) is 18.2 Å². The van der Waals surface area contributed by atoms with Crippen LogP contribution in [0.4, 0.5) is 17.5 Å². The molecule has 0 aliphatic carbocycles. The number of nitrogens with zero attached hydrogens (tertiary/aromatic N) is 2. The van der Waals surface area contributed by atoms with E-state index in [1.165, 1.54) is 24.3 Å². The molecule has 35 heavy (non-hydrogen) atoms. The van der Waals surface area contributed by atoms with Crippen molar-refractivity contribution in [3.63, 3.8) is 0 Å². The minimum absolute atomic E-state index is 0. The summed E-state index contributed by atoms with van der Waals surface area (Å²) in [6.45, 7) is 1.83. The summed E-state index contributed by atoms with van der Waals surface area (Å²) in [7, 11) is -7.58. The lowest BCUT2D eigenvalue weighted by molar-refractivity contribution is 0.281. The summed E-state index contributed by atoms with van der Waals surface area (Å²) in [5.74, 6) is 0.720. The van der Waals surface area contributed by atoms with E-state index in [1.807, 2.05) is 0 Å². The molecule has 0 saturated carbocycles. The number of benzene rings is 2. The summed E-state index contributed by atoms with van der Waals surface area (Å²) in [5.41, 5.74) is 1.22. The fourth-order valence-electron chi connectivity index (χ4n) is 2.94. The van der Waals surface area contributed by atoms with Crippen molar-refractivity contribution in [2.45, 2.75) is 29.2 Å². The molecule has 0 fully saturated rings. The average molecular weight is 588 g/mol. The van der Waals surface area contributed by atoms with Crippen LogP contribution in [0.15, 0.2) is 69.0 Å². The maximum Gasteiger partial charge on any atom is 0.240 e. The molecular weight excluding hydrogens is 560 g/mol. The van der Waals surface area contributed by atoms with E-state index in [9.17, 15) is 21.9 Å². The SMILES string of the molecule is C[C@H](CO)Nc1nc(Nc2cccc(S(=O)(=O)NCCc3ccc(S(N)(=O)=O)cc3)c2)ncc1Br.[HH]. The molecule has 0 aliphatic heterocycles. The zero-order valence-electron chi connectivity index (χ0n) is 18.6. The van der Waals surface area contributed by atoms with E-state index in [0.29, 0.717) is 22.4 Å². The molecule has 0 bridgehead atoms. The molecule has 2 aromatic carbocycles. The van der Waals surface area contributed by atoms with Crippen LogP contribution in [-0.2, 0) is 26.5 Å². The van der Waals surface area contributed by atoms with Gasteiger partial charge in [-0.15, -0.1) is 0 Å². The topological polar surface area (TPSA) is 176 Å². The number of halogens is 1. The Kier molecular flexibility index (Phi) is 8.79. The predicted octanol–water partition coefficient (Wildman–Crippen LogP) is 2.19. The molecule has 3 rings (SSSR count). The van der Waals surface area contributed by atoms with Crippen LogP contribution < -0.4 is 20.5 Å². The largest absolute Gasteiger partial charge is 0.394 e. The number of nitrogens with two attached hydrogens (primary N) is 1. The van der Waals surface area contributed by atoms with Gasteiger partial charge >= 0.3 is 0 Å². The summed E-state index contributed by atoms with van der Waals surface area (Å²) in [6, 6.07) is 11.9. The Morgan fingerprint density at radius 2 is 1.83 bits per heavy atom. The first-order valence-electron chi connectivity index (χ1n) is 10.4. The van der Waals surface area contributed by atoms with Crippen molar-refractivity contribution in [1.29, 1.82) is 0 Å². The van der Waals surface area contributed by atoms with Crippen molar-refractivity contribution in [3.05, 3.63) is 64.8 Å². The van der Waals surface area contributed by atoms with Gasteiger partial charge in [0.25, 0.3) is 0 Å². The van der Waals surface area contributed by atoms with Crippen LogP contribution in [0.1, 0.15) is 13.9 Å². The smallest absolute Gasteiger partial charge is 0.240 e. The number of anilines is 3. The number of hydrogen-bond acceptors (Lipinski definition) is 9. The van der Waals surface area contributed by atoms with Gasteiger partial charge in [-0.25, -0.2) is 31.7 Å². The highest BCUT2D eigenvalue weighted by atomic mass is 79.9. The normalized spacial score (nSPS) is 12.8. The minimum Gasteiger partial charge on any atom is -0.394 e. The number of aliphatic hydroxyl groups is 1. The van der Waals surface area contributed by atoms with Crippen LogP contribution in [0.3, 0.4) is 0 Å². The van der Waals surface area contributed by atoms with Crippen LogP contribution in [0.2, 0.25) is 0 Å². The highest BCUT2D eigenvalue weighted by Crippen LogP contribution is 2.23. The number of sulfonamides is 2. The lowest BCUT2D eigenvalue weighted by atomic mass is 10.2. The number of aromatic nitrogens is 2. The minimum atomic E-state index is -3.81. The molecule has 1 heterocycles. The molecule has 3 aromatic rings. The lowest BCUT2D eigenvalue weighted by Crippen LogP contribution is -2.26. The molecule has 14 heteroatoms. The third kappa shape index (κ3) is 7.68. The summed E-state index contributed by atoms with van der Waals surface area (Å²) in [5, 5.41) is 20.3. The molecule has 0 radical (unpaired) electrons. The van der Waals surface area contributed by atoms with Gasteiger partial charge in [0.05, 0.1) is 20.9 Å². The Balaban J connectivity index is 0.00000456. The zero-order chi connectivity index (χ0) is 25.6. The molecule has 11 nitrogen and oxygen atoms in total. The van der Waals surface area contributed by atoms with E-state index >= 15 is 0 Å². The van der Waals surface area contributed by atoms with E-state index < -0.39 is 20.0 Å². The Hall–Kier alpha value is -2.62. The molecule has 0 spiro atoms. The van der Waals surface area contributed by atoms with Crippen LogP contribution in [0.25, 0.3) is 0 Å². The van der Waals surface area contributed by atoms with E-state index in [0.717, 1.165) is 5.56 Å².